The van der Waals surface area contributed by atoms with Gasteiger partial charge in [-0.2, -0.15) is 0 Å². The Labute approximate surface area is 108 Å². The Hall–Kier alpha value is -0.830. The first-order valence-corrected chi connectivity index (χ1v) is 7.43. The molecule has 102 valence electrons. The Morgan fingerprint density at radius 1 is 1.22 bits per heavy atom. The molecule has 4 nitrogen and oxygen atoms in total. The van der Waals surface area contributed by atoms with Gasteiger partial charge in [-0.3, -0.25) is 9.79 Å². The summed E-state index contributed by atoms with van der Waals surface area (Å²) in [4.78, 5) is 17.9. The van der Waals surface area contributed by atoms with Gasteiger partial charge >= 0.3 is 7.82 Å². The highest BCUT2D eigenvalue weighted by Gasteiger charge is 2.24. The van der Waals surface area contributed by atoms with Crippen LogP contribution in [0.5, 0.6) is 5.75 Å². The SMILES string of the molecule is CC(C)c1ccc(OP(=O)(O)O)c(C(C)(C)C)c1. The molecule has 0 saturated heterocycles. The molecule has 0 heterocycles. The molecule has 1 aromatic carbocycles. The molecule has 18 heavy (non-hydrogen) atoms. The molecule has 0 bridgehead atoms. The maximum absolute atomic E-state index is 11.0. The Balaban J connectivity index is 3.30. The van der Waals surface area contributed by atoms with E-state index in [-0.39, 0.29) is 11.2 Å². The molecule has 1 rings (SSSR count). The molecule has 0 spiro atoms. The fraction of sp³-hybridized carbons (Fsp3) is 0.538. The average Bonchev–Trinajstić information content (AvgIpc) is 2.13. The van der Waals surface area contributed by atoms with Gasteiger partial charge in [-0.05, 0) is 23.0 Å². The molecule has 0 saturated carbocycles. The van der Waals surface area contributed by atoms with Crippen LogP contribution in [0.15, 0.2) is 18.2 Å². The number of rotatable bonds is 3. The van der Waals surface area contributed by atoms with E-state index in [2.05, 4.69) is 13.8 Å². The summed E-state index contributed by atoms with van der Waals surface area (Å²) in [7, 11) is -4.52. The predicted molar refractivity (Wildman–Crippen MR) is 71.9 cm³/mol. The minimum atomic E-state index is -4.52. The maximum Gasteiger partial charge on any atom is 0.524 e. The van der Waals surface area contributed by atoms with Crippen LogP contribution in [0.1, 0.15) is 51.7 Å². The number of hydrogen-bond donors (Lipinski definition) is 2. The Morgan fingerprint density at radius 2 is 1.78 bits per heavy atom. The molecule has 0 aliphatic carbocycles. The van der Waals surface area contributed by atoms with Gasteiger partial charge in [0.15, 0.2) is 0 Å². The maximum atomic E-state index is 11.0. The molecule has 0 radical (unpaired) electrons. The third-order valence-electron chi connectivity index (χ3n) is 2.70. The molecule has 0 aliphatic heterocycles. The predicted octanol–water partition coefficient (Wildman–Crippen LogP) is 3.58. The Kier molecular flexibility index (Phi) is 4.26. The summed E-state index contributed by atoms with van der Waals surface area (Å²) in [6.07, 6.45) is 0. The molecule has 0 aromatic heterocycles. The van der Waals surface area contributed by atoms with E-state index in [0.29, 0.717) is 5.92 Å². The van der Waals surface area contributed by atoms with E-state index in [4.69, 9.17) is 14.3 Å². The molecule has 0 atom stereocenters. The van der Waals surface area contributed by atoms with Crippen molar-refractivity contribution in [2.24, 2.45) is 0 Å². The van der Waals surface area contributed by atoms with Gasteiger partial charge in [-0.1, -0.05) is 46.8 Å². The minimum absolute atomic E-state index is 0.241. The van der Waals surface area contributed by atoms with Gasteiger partial charge < -0.3 is 4.52 Å². The number of hydrogen-bond acceptors (Lipinski definition) is 2. The first kappa shape index (κ1) is 15.2. The highest BCUT2D eigenvalue weighted by atomic mass is 31.2. The van der Waals surface area contributed by atoms with E-state index in [1.165, 1.54) is 0 Å². The van der Waals surface area contributed by atoms with E-state index in [9.17, 15) is 4.57 Å². The summed E-state index contributed by atoms with van der Waals surface area (Å²) in [5, 5.41) is 0. The fourth-order valence-electron chi connectivity index (χ4n) is 1.70. The lowest BCUT2D eigenvalue weighted by atomic mass is 9.84. The van der Waals surface area contributed by atoms with Crippen LogP contribution in [0.3, 0.4) is 0 Å². The number of phosphoric ester groups is 1. The topological polar surface area (TPSA) is 66.8 Å². The average molecular weight is 272 g/mol. The van der Waals surface area contributed by atoms with Crippen LogP contribution < -0.4 is 4.52 Å². The summed E-state index contributed by atoms with van der Waals surface area (Å²) < 4.78 is 15.7. The van der Waals surface area contributed by atoms with Gasteiger partial charge in [0.25, 0.3) is 0 Å². The highest BCUT2D eigenvalue weighted by molar-refractivity contribution is 7.46. The Morgan fingerprint density at radius 3 is 2.17 bits per heavy atom. The van der Waals surface area contributed by atoms with Crippen molar-refractivity contribution in [2.75, 3.05) is 0 Å². The fourth-order valence-corrected chi connectivity index (χ4v) is 2.12. The minimum Gasteiger partial charge on any atom is -0.404 e. The lowest BCUT2D eigenvalue weighted by molar-refractivity contribution is 0.281. The van der Waals surface area contributed by atoms with Crippen LogP contribution in [0.2, 0.25) is 0 Å². The lowest BCUT2D eigenvalue weighted by Gasteiger charge is -2.24. The normalized spacial score (nSPS) is 12.9. The van der Waals surface area contributed by atoms with Crippen molar-refractivity contribution in [3.05, 3.63) is 29.3 Å². The first-order valence-electron chi connectivity index (χ1n) is 5.90. The van der Waals surface area contributed by atoms with Crippen LogP contribution in [0, 0.1) is 0 Å². The van der Waals surface area contributed by atoms with Crippen molar-refractivity contribution in [3.63, 3.8) is 0 Å². The third-order valence-corrected chi connectivity index (χ3v) is 3.13. The van der Waals surface area contributed by atoms with Gasteiger partial charge in [-0.25, -0.2) is 4.57 Å². The Bertz CT molecular complexity index is 468. The smallest absolute Gasteiger partial charge is 0.404 e. The van der Waals surface area contributed by atoms with Crippen molar-refractivity contribution < 1.29 is 18.9 Å². The second kappa shape index (κ2) is 5.04. The van der Waals surface area contributed by atoms with Crippen LogP contribution in [-0.4, -0.2) is 9.79 Å². The summed E-state index contributed by atoms with van der Waals surface area (Å²) >= 11 is 0. The van der Waals surface area contributed by atoms with Crippen molar-refractivity contribution in [1.29, 1.82) is 0 Å². The van der Waals surface area contributed by atoms with Gasteiger partial charge in [-0.15, -0.1) is 0 Å². The summed E-state index contributed by atoms with van der Waals surface area (Å²) in [5.74, 6) is 0.607. The van der Waals surface area contributed by atoms with Crippen LogP contribution in [0.25, 0.3) is 0 Å². The first-order chi connectivity index (χ1) is 8.00. The lowest BCUT2D eigenvalue weighted by Crippen LogP contribution is -2.13. The van der Waals surface area contributed by atoms with Crippen molar-refractivity contribution >= 4 is 7.82 Å². The zero-order valence-corrected chi connectivity index (χ0v) is 12.4. The van der Waals surface area contributed by atoms with Crippen LogP contribution in [0.4, 0.5) is 0 Å². The quantitative estimate of drug-likeness (QED) is 0.825. The second-order valence-electron chi connectivity index (χ2n) is 5.74. The zero-order chi connectivity index (χ0) is 14.1. The van der Waals surface area contributed by atoms with E-state index in [1.807, 2.05) is 32.9 Å². The molecular weight excluding hydrogens is 251 g/mol. The number of phosphoric acid groups is 1. The summed E-state index contributed by atoms with van der Waals surface area (Å²) in [6.45, 7) is 10.1. The molecule has 2 N–H and O–H groups in total. The monoisotopic (exact) mass is 272 g/mol. The van der Waals surface area contributed by atoms with Crippen LogP contribution >= 0.6 is 7.82 Å². The van der Waals surface area contributed by atoms with E-state index in [1.54, 1.807) is 6.07 Å². The van der Waals surface area contributed by atoms with Crippen molar-refractivity contribution in [1.82, 2.24) is 0 Å². The molecule has 0 amide bonds. The molecule has 0 unspecified atom stereocenters. The van der Waals surface area contributed by atoms with E-state index in [0.717, 1.165) is 11.1 Å². The molecule has 0 aliphatic rings. The molecule has 1 aromatic rings. The van der Waals surface area contributed by atoms with E-state index < -0.39 is 7.82 Å². The van der Waals surface area contributed by atoms with E-state index >= 15 is 0 Å². The van der Waals surface area contributed by atoms with Gasteiger partial charge in [0.2, 0.25) is 0 Å². The standard InChI is InChI=1S/C13H21O4P/c1-9(2)10-6-7-12(17-18(14,15)16)11(8-10)13(3,4)5/h6-9H,1-5H3,(H2,14,15,16). The summed E-state index contributed by atoms with van der Waals surface area (Å²) in [6, 6.07) is 5.43. The highest BCUT2D eigenvalue weighted by Crippen LogP contribution is 2.43. The zero-order valence-electron chi connectivity index (χ0n) is 11.5. The number of benzene rings is 1. The largest absolute Gasteiger partial charge is 0.524 e. The second-order valence-corrected chi connectivity index (χ2v) is 6.91. The molecular formula is C13H21O4P. The van der Waals surface area contributed by atoms with Crippen LogP contribution in [-0.2, 0) is 9.98 Å². The van der Waals surface area contributed by atoms with Crippen molar-refractivity contribution in [3.8, 4) is 5.75 Å². The molecule has 0 fully saturated rings. The third kappa shape index (κ3) is 4.13. The van der Waals surface area contributed by atoms with Gasteiger partial charge in [0.05, 0.1) is 0 Å². The summed E-state index contributed by atoms with van der Waals surface area (Å²) in [5.41, 5.74) is 1.69. The van der Waals surface area contributed by atoms with Gasteiger partial charge in [0.1, 0.15) is 5.75 Å². The molecule has 5 heteroatoms. The van der Waals surface area contributed by atoms with Crippen molar-refractivity contribution in [2.45, 2.75) is 46.0 Å². The van der Waals surface area contributed by atoms with Gasteiger partial charge in [0, 0.05) is 5.56 Å².